The summed E-state index contributed by atoms with van der Waals surface area (Å²) < 4.78 is 64.4. The van der Waals surface area contributed by atoms with E-state index in [0.717, 1.165) is 11.6 Å². The molecule has 3 aromatic rings. The molecule has 0 fully saturated rings. The fourth-order valence-electron chi connectivity index (χ4n) is 2.57. The van der Waals surface area contributed by atoms with Crippen molar-refractivity contribution in [3.8, 4) is 0 Å². The molecule has 0 unspecified atom stereocenters. The van der Waals surface area contributed by atoms with E-state index in [0.29, 0.717) is 17.8 Å². The van der Waals surface area contributed by atoms with Crippen LogP contribution in [0.3, 0.4) is 0 Å². The van der Waals surface area contributed by atoms with Gasteiger partial charge in [0.25, 0.3) is 0 Å². The molecule has 160 valence electrons. The molecule has 10 heteroatoms. The minimum Gasteiger partial charge on any atom is -0.323 e. The van der Waals surface area contributed by atoms with Gasteiger partial charge in [-0.2, -0.15) is 13.2 Å². The highest BCUT2D eigenvalue weighted by atomic mass is 35.5. The number of rotatable bonds is 5. The van der Waals surface area contributed by atoms with Crippen molar-refractivity contribution in [1.29, 1.82) is 0 Å². The number of pyridine rings is 1. The zero-order valence-corrected chi connectivity index (χ0v) is 17.2. The normalized spacial score (nSPS) is 12.1. The van der Waals surface area contributed by atoms with Crippen molar-refractivity contribution in [2.75, 3.05) is 5.32 Å². The van der Waals surface area contributed by atoms with Crippen LogP contribution in [0.1, 0.15) is 11.1 Å². The minimum absolute atomic E-state index is 0.244. The molecule has 0 aliphatic carbocycles. The van der Waals surface area contributed by atoms with E-state index in [1.165, 1.54) is 30.3 Å². The molecular weight excluding hydrogens is 453 g/mol. The zero-order valence-electron chi connectivity index (χ0n) is 15.6. The largest absolute Gasteiger partial charge is 0.416 e. The van der Waals surface area contributed by atoms with Crippen LogP contribution in [-0.4, -0.2) is 19.3 Å². The Kier molecular flexibility index (Phi) is 6.47. The number of hydrogen-bond donors (Lipinski definition) is 1. The van der Waals surface area contributed by atoms with Gasteiger partial charge in [-0.3, -0.25) is 9.78 Å². The van der Waals surface area contributed by atoms with Gasteiger partial charge in [0.15, 0.2) is 0 Å². The lowest BCUT2D eigenvalue weighted by atomic mass is 10.2. The Balaban J connectivity index is 1.78. The average Bonchev–Trinajstić information content (AvgIpc) is 2.72. The van der Waals surface area contributed by atoms with E-state index in [-0.39, 0.29) is 9.92 Å². The van der Waals surface area contributed by atoms with Crippen molar-refractivity contribution in [2.24, 2.45) is 0 Å². The van der Waals surface area contributed by atoms with Crippen molar-refractivity contribution in [1.82, 2.24) is 4.98 Å². The molecule has 0 aliphatic rings. The van der Waals surface area contributed by atoms with Crippen LogP contribution in [0.5, 0.6) is 0 Å². The fourth-order valence-corrected chi connectivity index (χ4v) is 4.20. The number of sulfone groups is 1. The van der Waals surface area contributed by atoms with Gasteiger partial charge in [-0.1, -0.05) is 17.7 Å². The molecule has 0 aliphatic heterocycles. The Hall–Kier alpha value is -3.17. The van der Waals surface area contributed by atoms with E-state index in [1.807, 2.05) is 0 Å². The molecule has 0 spiro atoms. The SMILES string of the molecule is O=C(/C=C/c1cccnc1)Nc1ccc(S(=O)(=O)c2cc(Cl)cc(C(F)(F)F)c2)cc1. The second-order valence-corrected chi connectivity index (χ2v) is 8.70. The number of hydrogen-bond acceptors (Lipinski definition) is 4. The zero-order chi connectivity index (χ0) is 22.6. The third kappa shape index (κ3) is 5.71. The predicted octanol–water partition coefficient (Wildman–Crippen LogP) is 5.24. The first-order valence-corrected chi connectivity index (χ1v) is 10.5. The Bertz CT molecular complexity index is 1230. The Labute approximate surface area is 181 Å². The van der Waals surface area contributed by atoms with Crippen LogP contribution in [0.15, 0.2) is 82.9 Å². The maximum atomic E-state index is 13.0. The highest BCUT2D eigenvalue weighted by Crippen LogP contribution is 2.34. The van der Waals surface area contributed by atoms with Gasteiger partial charge in [0.05, 0.1) is 15.4 Å². The molecule has 5 nitrogen and oxygen atoms in total. The van der Waals surface area contributed by atoms with Crippen molar-refractivity contribution in [2.45, 2.75) is 16.0 Å². The molecule has 1 amide bonds. The molecule has 0 bridgehead atoms. The van der Waals surface area contributed by atoms with E-state index in [9.17, 15) is 26.4 Å². The Morgan fingerprint density at radius 3 is 2.35 bits per heavy atom. The summed E-state index contributed by atoms with van der Waals surface area (Å²) in [6, 6.07) is 10.6. The number of aromatic nitrogens is 1. The Morgan fingerprint density at radius 2 is 1.74 bits per heavy atom. The lowest BCUT2D eigenvalue weighted by Crippen LogP contribution is -2.09. The number of amides is 1. The van der Waals surface area contributed by atoms with Gasteiger partial charge in [0, 0.05) is 29.2 Å². The number of halogens is 4. The number of anilines is 1. The van der Waals surface area contributed by atoms with Crippen molar-refractivity contribution >= 4 is 39.1 Å². The summed E-state index contributed by atoms with van der Waals surface area (Å²) in [6.07, 6.45) is 1.27. The fraction of sp³-hybridized carbons (Fsp3) is 0.0476. The first-order valence-electron chi connectivity index (χ1n) is 8.68. The van der Waals surface area contributed by atoms with Crippen molar-refractivity contribution < 1.29 is 26.4 Å². The Morgan fingerprint density at radius 1 is 1.03 bits per heavy atom. The van der Waals surface area contributed by atoms with Crippen LogP contribution >= 0.6 is 11.6 Å². The molecule has 2 aromatic carbocycles. The second-order valence-electron chi connectivity index (χ2n) is 6.31. The quantitative estimate of drug-likeness (QED) is 0.522. The summed E-state index contributed by atoms with van der Waals surface area (Å²) in [7, 11) is -4.25. The lowest BCUT2D eigenvalue weighted by Gasteiger charge is -2.11. The smallest absolute Gasteiger partial charge is 0.323 e. The highest BCUT2D eigenvalue weighted by molar-refractivity contribution is 7.91. The maximum absolute atomic E-state index is 13.0. The van der Waals surface area contributed by atoms with Gasteiger partial charge in [0.2, 0.25) is 15.7 Å². The minimum atomic E-state index is -4.74. The summed E-state index contributed by atoms with van der Waals surface area (Å²) in [4.78, 5) is 15.1. The summed E-state index contributed by atoms with van der Waals surface area (Å²) in [5, 5.41) is 2.21. The standard InChI is InChI=1S/C21H14ClF3N2O3S/c22-16-10-15(21(23,24)25)11-19(12-16)31(29,30)18-6-4-17(5-7-18)27-20(28)8-3-14-2-1-9-26-13-14/h1-13H,(H,27,28)/b8-3+. The topological polar surface area (TPSA) is 76.1 Å². The number of nitrogens with zero attached hydrogens (tertiary/aromatic N) is 1. The molecule has 1 heterocycles. The van der Waals surface area contributed by atoms with Gasteiger partial charge in [0.1, 0.15) is 0 Å². The predicted molar refractivity (Wildman–Crippen MR) is 110 cm³/mol. The monoisotopic (exact) mass is 466 g/mol. The van der Waals surface area contributed by atoms with Crippen molar-refractivity contribution in [3.63, 3.8) is 0 Å². The van der Waals surface area contributed by atoms with E-state index >= 15 is 0 Å². The molecule has 1 aromatic heterocycles. The third-order valence-corrected chi connectivity index (χ3v) is 6.02. The number of benzene rings is 2. The van der Waals surface area contributed by atoms with Crippen molar-refractivity contribution in [3.05, 3.63) is 89.2 Å². The van der Waals surface area contributed by atoms with E-state index in [1.54, 1.807) is 30.6 Å². The van der Waals surface area contributed by atoms with Gasteiger partial charge >= 0.3 is 6.18 Å². The number of alkyl halides is 3. The lowest BCUT2D eigenvalue weighted by molar-refractivity contribution is -0.137. The number of carbonyl (C=O) groups is 1. The number of nitrogens with one attached hydrogen (secondary N) is 1. The van der Waals surface area contributed by atoms with Gasteiger partial charge in [-0.25, -0.2) is 8.42 Å². The first kappa shape index (κ1) is 22.5. The van der Waals surface area contributed by atoms with Gasteiger partial charge in [-0.05, 0) is 60.2 Å². The average molecular weight is 467 g/mol. The number of carbonyl (C=O) groups excluding carboxylic acids is 1. The van der Waals surface area contributed by atoms with Crippen LogP contribution in [0, 0.1) is 0 Å². The van der Waals surface area contributed by atoms with Crippen LogP contribution in [0.2, 0.25) is 5.02 Å². The summed E-state index contributed by atoms with van der Waals surface area (Å²) in [5.74, 6) is -0.455. The van der Waals surface area contributed by atoms with E-state index in [2.05, 4.69) is 10.3 Å². The molecule has 3 rings (SSSR count). The second kappa shape index (κ2) is 8.91. The van der Waals surface area contributed by atoms with Crippen LogP contribution in [-0.2, 0) is 20.8 Å². The molecule has 0 saturated carbocycles. The van der Waals surface area contributed by atoms with Gasteiger partial charge < -0.3 is 5.32 Å². The summed E-state index contributed by atoms with van der Waals surface area (Å²) >= 11 is 5.68. The molecule has 0 saturated heterocycles. The van der Waals surface area contributed by atoms with Gasteiger partial charge in [-0.15, -0.1) is 0 Å². The summed E-state index contributed by atoms with van der Waals surface area (Å²) in [6.45, 7) is 0. The van der Waals surface area contributed by atoms with Crippen LogP contribution < -0.4 is 5.32 Å². The molecular formula is C21H14ClF3N2O3S. The first-order chi connectivity index (χ1) is 14.6. The third-order valence-electron chi connectivity index (χ3n) is 4.05. The highest BCUT2D eigenvalue weighted by Gasteiger charge is 2.32. The van der Waals surface area contributed by atoms with E-state index < -0.39 is 32.4 Å². The molecule has 31 heavy (non-hydrogen) atoms. The molecule has 0 radical (unpaired) electrons. The van der Waals surface area contributed by atoms with E-state index in [4.69, 9.17) is 11.6 Å². The summed E-state index contributed by atoms with van der Waals surface area (Å²) in [5.41, 5.74) is -0.136. The molecule has 1 N–H and O–H groups in total. The molecule has 0 atom stereocenters. The van der Waals surface area contributed by atoms with Crippen LogP contribution in [0.25, 0.3) is 6.08 Å². The maximum Gasteiger partial charge on any atom is 0.416 e. The van der Waals surface area contributed by atoms with Crippen LogP contribution in [0.4, 0.5) is 18.9 Å².